The number of amides is 1. The van der Waals surface area contributed by atoms with E-state index in [0.29, 0.717) is 12.1 Å². The highest BCUT2D eigenvalue weighted by molar-refractivity contribution is 9.10. The van der Waals surface area contributed by atoms with E-state index < -0.39 is 12.0 Å². The molecule has 0 saturated heterocycles. The van der Waals surface area contributed by atoms with Gasteiger partial charge >= 0.3 is 5.97 Å². The van der Waals surface area contributed by atoms with Gasteiger partial charge in [0.1, 0.15) is 0 Å². The van der Waals surface area contributed by atoms with Gasteiger partial charge in [-0.1, -0.05) is 34.5 Å². The number of halogens is 2. The van der Waals surface area contributed by atoms with Crippen molar-refractivity contribution in [2.75, 3.05) is 13.7 Å². The van der Waals surface area contributed by atoms with Gasteiger partial charge in [0.05, 0.1) is 7.11 Å². The van der Waals surface area contributed by atoms with Gasteiger partial charge in [0.2, 0.25) is 5.91 Å². The molecule has 0 radical (unpaired) electrons. The Kier molecular flexibility index (Phi) is 8.02. The zero-order valence-electron chi connectivity index (χ0n) is 13.0. The van der Waals surface area contributed by atoms with Crippen LogP contribution in [0.2, 0.25) is 0 Å². The predicted octanol–water partition coefficient (Wildman–Crippen LogP) is 2.58. The Bertz CT molecular complexity index is 539. The van der Waals surface area contributed by atoms with Crippen molar-refractivity contribution < 1.29 is 14.3 Å². The molecule has 1 aromatic carbocycles. The van der Waals surface area contributed by atoms with Crippen LogP contribution in [0.25, 0.3) is 0 Å². The molecule has 0 aliphatic heterocycles. The van der Waals surface area contributed by atoms with E-state index in [1.54, 1.807) is 12.1 Å². The van der Waals surface area contributed by atoms with Crippen molar-refractivity contribution in [2.24, 2.45) is 17.6 Å². The lowest BCUT2D eigenvalue weighted by molar-refractivity contribution is -0.146. The van der Waals surface area contributed by atoms with Crippen LogP contribution in [0.3, 0.4) is 0 Å². The van der Waals surface area contributed by atoms with Gasteiger partial charge in [-0.05, 0) is 43.0 Å². The van der Waals surface area contributed by atoms with Crippen LogP contribution in [0.4, 0.5) is 0 Å². The van der Waals surface area contributed by atoms with E-state index >= 15 is 0 Å². The van der Waals surface area contributed by atoms with Crippen molar-refractivity contribution in [3.8, 4) is 0 Å². The molecule has 3 atom stereocenters. The smallest absolute Gasteiger partial charge is 0.333 e. The first-order valence-corrected chi connectivity index (χ1v) is 8.19. The van der Waals surface area contributed by atoms with Gasteiger partial charge in [0, 0.05) is 10.4 Å². The number of esters is 1. The van der Waals surface area contributed by atoms with E-state index in [1.165, 1.54) is 7.11 Å². The van der Waals surface area contributed by atoms with E-state index in [-0.39, 0.29) is 30.2 Å². The Morgan fingerprint density at radius 2 is 2.00 bits per heavy atom. The first-order chi connectivity index (χ1) is 10.6. The number of nitrogens with one attached hydrogen (secondary N) is 1. The highest BCUT2D eigenvalue weighted by atomic mass is 79.9. The van der Waals surface area contributed by atoms with Gasteiger partial charge < -0.3 is 15.8 Å². The van der Waals surface area contributed by atoms with Crippen molar-refractivity contribution in [3.05, 3.63) is 34.3 Å². The summed E-state index contributed by atoms with van der Waals surface area (Å²) in [4.78, 5) is 24.5. The molecule has 0 heterocycles. The third kappa shape index (κ3) is 4.93. The summed E-state index contributed by atoms with van der Waals surface area (Å²) in [5, 5.41) is 2.83. The second-order valence-electron chi connectivity index (χ2n) is 5.55. The fraction of sp³-hybridized carbons (Fsp3) is 0.500. The molecule has 1 aliphatic carbocycles. The number of ether oxygens (including phenoxy) is 1. The maximum absolute atomic E-state index is 12.5. The summed E-state index contributed by atoms with van der Waals surface area (Å²) < 4.78 is 5.73. The number of benzene rings is 1. The van der Waals surface area contributed by atoms with Gasteiger partial charge in [-0.2, -0.15) is 0 Å². The summed E-state index contributed by atoms with van der Waals surface area (Å²) >= 11 is 3.35. The Morgan fingerprint density at radius 3 is 2.57 bits per heavy atom. The molecule has 0 bridgehead atoms. The molecule has 23 heavy (non-hydrogen) atoms. The monoisotopic (exact) mass is 404 g/mol. The summed E-state index contributed by atoms with van der Waals surface area (Å²) in [6.07, 6.45) is 2.79. The average Bonchev–Trinajstić information content (AvgIpc) is 3.01. The Hall–Kier alpha value is -1.11. The minimum Gasteiger partial charge on any atom is -0.467 e. The van der Waals surface area contributed by atoms with Crippen LogP contribution in [0.5, 0.6) is 0 Å². The first-order valence-electron chi connectivity index (χ1n) is 7.40. The number of hydrogen-bond acceptors (Lipinski definition) is 4. The predicted molar refractivity (Wildman–Crippen MR) is 94.2 cm³/mol. The number of methoxy groups -OCH3 is 1. The standard InChI is InChI=1S/C16H21BrN2O3.ClH/c1-22-16(21)14(10-5-7-12(17)8-6-10)19-15(20)13-4-2-3-11(13)9-18;/h5-8,11,13-14H,2-4,9,18H2,1H3,(H,19,20);1H/t11-,13-,14?;/m1./s1. The first kappa shape index (κ1) is 19.9. The third-order valence-corrected chi connectivity index (χ3v) is 4.75. The van der Waals surface area contributed by atoms with Crippen molar-refractivity contribution in [2.45, 2.75) is 25.3 Å². The molecule has 1 aliphatic rings. The number of carbonyl (C=O) groups is 2. The number of nitrogens with two attached hydrogens (primary N) is 1. The maximum Gasteiger partial charge on any atom is 0.333 e. The molecule has 0 aromatic heterocycles. The fourth-order valence-corrected chi connectivity index (χ4v) is 3.23. The van der Waals surface area contributed by atoms with Gasteiger partial charge in [0.25, 0.3) is 0 Å². The van der Waals surface area contributed by atoms with Crippen molar-refractivity contribution >= 4 is 40.2 Å². The molecule has 1 aromatic rings. The second kappa shape index (κ2) is 9.25. The summed E-state index contributed by atoms with van der Waals surface area (Å²) in [6, 6.07) is 6.46. The lowest BCUT2D eigenvalue weighted by Crippen LogP contribution is -2.40. The summed E-state index contributed by atoms with van der Waals surface area (Å²) in [5.74, 6) is -0.514. The highest BCUT2D eigenvalue weighted by Gasteiger charge is 2.34. The molecule has 2 rings (SSSR count). The van der Waals surface area contributed by atoms with E-state index in [4.69, 9.17) is 10.5 Å². The van der Waals surface area contributed by atoms with Gasteiger partial charge in [-0.25, -0.2) is 4.79 Å². The van der Waals surface area contributed by atoms with Gasteiger partial charge in [0.15, 0.2) is 6.04 Å². The van der Waals surface area contributed by atoms with Crippen LogP contribution >= 0.6 is 28.3 Å². The van der Waals surface area contributed by atoms with Gasteiger partial charge in [-0.3, -0.25) is 4.79 Å². The Labute approximate surface area is 150 Å². The van der Waals surface area contributed by atoms with Gasteiger partial charge in [-0.15, -0.1) is 12.4 Å². The maximum atomic E-state index is 12.5. The lowest BCUT2D eigenvalue weighted by atomic mass is 9.94. The van der Waals surface area contributed by atoms with Crippen LogP contribution in [0, 0.1) is 11.8 Å². The largest absolute Gasteiger partial charge is 0.467 e. The van der Waals surface area contributed by atoms with E-state index in [1.807, 2.05) is 12.1 Å². The average molecular weight is 406 g/mol. The van der Waals surface area contributed by atoms with Crippen LogP contribution in [-0.2, 0) is 14.3 Å². The molecular formula is C16H22BrClN2O3. The minimum atomic E-state index is -0.787. The van der Waals surface area contributed by atoms with Crippen LogP contribution < -0.4 is 11.1 Å². The molecule has 1 unspecified atom stereocenters. The van der Waals surface area contributed by atoms with Crippen molar-refractivity contribution in [1.82, 2.24) is 5.32 Å². The summed E-state index contributed by atoms with van der Waals surface area (Å²) in [7, 11) is 1.32. The lowest BCUT2D eigenvalue weighted by Gasteiger charge is -2.22. The minimum absolute atomic E-state index is 0. The zero-order valence-corrected chi connectivity index (χ0v) is 15.4. The van der Waals surface area contributed by atoms with Crippen LogP contribution in [0.1, 0.15) is 30.9 Å². The molecular weight excluding hydrogens is 384 g/mol. The number of carbonyl (C=O) groups excluding carboxylic acids is 2. The highest BCUT2D eigenvalue weighted by Crippen LogP contribution is 2.31. The van der Waals surface area contributed by atoms with Crippen LogP contribution in [0.15, 0.2) is 28.7 Å². The molecule has 3 N–H and O–H groups in total. The summed E-state index contributed by atoms with van der Waals surface area (Å²) in [5.41, 5.74) is 6.43. The topological polar surface area (TPSA) is 81.4 Å². The molecule has 7 heteroatoms. The molecule has 1 fully saturated rings. The van der Waals surface area contributed by atoms with Crippen LogP contribution in [-0.4, -0.2) is 25.5 Å². The molecule has 1 amide bonds. The molecule has 128 valence electrons. The van der Waals surface area contributed by atoms with E-state index in [2.05, 4.69) is 21.2 Å². The fourth-order valence-electron chi connectivity index (χ4n) is 2.96. The molecule has 0 spiro atoms. The molecule has 5 nitrogen and oxygen atoms in total. The number of rotatable bonds is 5. The SMILES string of the molecule is COC(=O)C(NC(=O)[C@@H]1CCC[C@@H]1CN)c1ccc(Br)cc1.Cl. The van der Waals surface area contributed by atoms with E-state index in [9.17, 15) is 9.59 Å². The normalized spacial score (nSPS) is 21.2. The molecule has 1 saturated carbocycles. The van der Waals surface area contributed by atoms with Crippen molar-refractivity contribution in [3.63, 3.8) is 0 Å². The quantitative estimate of drug-likeness (QED) is 0.738. The van der Waals surface area contributed by atoms with Crippen molar-refractivity contribution in [1.29, 1.82) is 0 Å². The van der Waals surface area contributed by atoms with E-state index in [0.717, 1.165) is 23.7 Å². The summed E-state index contributed by atoms with van der Waals surface area (Å²) in [6.45, 7) is 0.499. The third-order valence-electron chi connectivity index (χ3n) is 4.23. The second-order valence-corrected chi connectivity index (χ2v) is 6.47. The Balaban J connectivity index is 0.00000264. The zero-order chi connectivity index (χ0) is 16.1. The number of hydrogen-bond donors (Lipinski definition) is 2. The Morgan fingerprint density at radius 1 is 1.35 bits per heavy atom.